The van der Waals surface area contributed by atoms with Crippen molar-refractivity contribution < 1.29 is 4.79 Å². The Labute approximate surface area is 101 Å². The lowest BCUT2D eigenvalue weighted by Gasteiger charge is -2.28. The van der Waals surface area contributed by atoms with Crippen LogP contribution in [0.3, 0.4) is 0 Å². The lowest BCUT2D eigenvalue weighted by Crippen LogP contribution is -2.48. The van der Waals surface area contributed by atoms with E-state index in [2.05, 4.69) is 21.7 Å². The lowest BCUT2D eigenvalue weighted by atomic mass is 10.2. The Kier molecular flexibility index (Phi) is 3.58. The van der Waals surface area contributed by atoms with E-state index in [0.29, 0.717) is 13.1 Å². The Bertz CT molecular complexity index is 419. The van der Waals surface area contributed by atoms with E-state index >= 15 is 0 Å². The summed E-state index contributed by atoms with van der Waals surface area (Å²) in [5.41, 5.74) is 2.28. The van der Waals surface area contributed by atoms with Crippen LogP contribution in [0.2, 0.25) is 0 Å². The first-order chi connectivity index (χ1) is 8.20. The number of pyridine rings is 1. The molecule has 1 aromatic rings. The minimum Gasteiger partial charge on any atom is -0.353 e. The first kappa shape index (κ1) is 11.9. The number of rotatable bonds is 3. The van der Waals surface area contributed by atoms with Gasteiger partial charge in [0.1, 0.15) is 5.82 Å². The molecule has 92 valence electrons. The van der Waals surface area contributed by atoms with E-state index in [-0.39, 0.29) is 5.91 Å². The number of nitrogens with zero attached hydrogens (tertiary/aromatic N) is 2. The van der Waals surface area contributed by atoms with Gasteiger partial charge in [0.25, 0.3) is 0 Å². The van der Waals surface area contributed by atoms with Crippen molar-refractivity contribution >= 4 is 11.7 Å². The summed E-state index contributed by atoms with van der Waals surface area (Å²) >= 11 is 0. The molecule has 0 spiro atoms. The van der Waals surface area contributed by atoms with Crippen molar-refractivity contribution in [2.75, 3.05) is 31.6 Å². The van der Waals surface area contributed by atoms with Gasteiger partial charge in [0.05, 0.1) is 6.54 Å². The third-order valence-electron chi connectivity index (χ3n) is 2.83. The average Bonchev–Trinajstić information content (AvgIpc) is 2.29. The standard InChI is InChI=1S/C12H18N4O/c1-9-5-10(6-13-2)7-15-12(9)16-4-3-14-11(17)8-16/h5,7,13H,3-4,6,8H2,1-2H3,(H,14,17). The number of aromatic nitrogens is 1. The molecule has 0 atom stereocenters. The predicted molar refractivity (Wildman–Crippen MR) is 67.0 cm³/mol. The topological polar surface area (TPSA) is 57.3 Å². The van der Waals surface area contributed by atoms with Crippen molar-refractivity contribution in [3.63, 3.8) is 0 Å². The first-order valence-corrected chi connectivity index (χ1v) is 5.82. The number of piperazine rings is 1. The Morgan fingerprint density at radius 3 is 3.06 bits per heavy atom. The summed E-state index contributed by atoms with van der Waals surface area (Å²) in [4.78, 5) is 17.8. The first-order valence-electron chi connectivity index (χ1n) is 5.82. The van der Waals surface area contributed by atoms with Gasteiger partial charge in [-0.25, -0.2) is 4.98 Å². The van der Waals surface area contributed by atoms with Crippen molar-refractivity contribution in [1.29, 1.82) is 0 Å². The van der Waals surface area contributed by atoms with Gasteiger partial charge in [0.15, 0.2) is 0 Å². The minimum absolute atomic E-state index is 0.0664. The van der Waals surface area contributed by atoms with Gasteiger partial charge in [0, 0.05) is 25.8 Å². The van der Waals surface area contributed by atoms with Crippen molar-refractivity contribution in [3.8, 4) is 0 Å². The summed E-state index contributed by atoms with van der Waals surface area (Å²) in [6.07, 6.45) is 1.87. The monoisotopic (exact) mass is 234 g/mol. The molecular weight excluding hydrogens is 216 g/mol. The SMILES string of the molecule is CNCc1cnc(N2CCNC(=O)C2)c(C)c1. The molecule has 2 heterocycles. The fraction of sp³-hybridized carbons (Fsp3) is 0.500. The number of hydrogen-bond acceptors (Lipinski definition) is 4. The summed E-state index contributed by atoms with van der Waals surface area (Å²) in [6.45, 7) is 4.77. The molecule has 2 N–H and O–H groups in total. The van der Waals surface area contributed by atoms with Crippen LogP contribution < -0.4 is 15.5 Å². The Morgan fingerprint density at radius 1 is 1.59 bits per heavy atom. The maximum absolute atomic E-state index is 11.3. The van der Waals surface area contributed by atoms with Crippen LogP contribution >= 0.6 is 0 Å². The maximum Gasteiger partial charge on any atom is 0.239 e. The second-order valence-corrected chi connectivity index (χ2v) is 4.29. The zero-order valence-corrected chi connectivity index (χ0v) is 10.3. The van der Waals surface area contributed by atoms with E-state index < -0.39 is 0 Å². The van der Waals surface area contributed by atoms with Crippen molar-refractivity contribution in [2.45, 2.75) is 13.5 Å². The number of carbonyl (C=O) groups is 1. The smallest absolute Gasteiger partial charge is 0.239 e. The summed E-state index contributed by atoms with van der Waals surface area (Å²) < 4.78 is 0. The molecule has 1 aliphatic heterocycles. The summed E-state index contributed by atoms with van der Waals surface area (Å²) in [5.74, 6) is 0.983. The molecule has 2 rings (SSSR count). The number of anilines is 1. The molecule has 1 aromatic heterocycles. The van der Waals surface area contributed by atoms with E-state index in [1.54, 1.807) is 0 Å². The summed E-state index contributed by atoms with van der Waals surface area (Å²) in [5, 5.41) is 5.91. The van der Waals surface area contributed by atoms with Crippen LogP contribution in [0.1, 0.15) is 11.1 Å². The van der Waals surface area contributed by atoms with Gasteiger partial charge >= 0.3 is 0 Å². The van der Waals surface area contributed by atoms with E-state index in [9.17, 15) is 4.79 Å². The molecule has 5 nitrogen and oxygen atoms in total. The molecule has 17 heavy (non-hydrogen) atoms. The molecule has 0 radical (unpaired) electrons. The lowest BCUT2D eigenvalue weighted by molar-refractivity contribution is -0.120. The number of aryl methyl sites for hydroxylation is 1. The Morgan fingerprint density at radius 2 is 2.41 bits per heavy atom. The normalized spacial score (nSPS) is 15.9. The van der Waals surface area contributed by atoms with Gasteiger partial charge < -0.3 is 15.5 Å². The highest BCUT2D eigenvalue weighted by Gasteiger charge is 2.18. The highest BCUT2D eigenvalue weighted by Crippen LogP contribution is 2.18. The summed E-state index contributed by atoms with van der Waals surface area (Å²) in [7, 11) is 1.91. The van der Waals surface area contributed by atoms with E-state index in [1.165, 1.54) is 0 Å². The van der Waals surface area contributed by atoms with Crippen LogP contribution in [-0.2, 0) is 11.3 Å². The van der Waals surface area contributed by atoms with Crippen LogP contribution in [0, 0.1) is 6.92 Å². The highest BCUT2D eigenvalue weighted by molar-refractivity contribution is 5.82. The third kappa shape index (κ3) is 2.74. The fourth-order valence-corrected chi connectivity index (χ4v) is 2.08. The van der Waals surface area contributed by atoms with Gasteiger partial charge in [-0.15, -0.1) is 0 Å². The molecule has 0 aliphatic carbocycles. The molecule has 0 aromatic carbocycles. The molecular formula is C12H18N4O. The number of hydrogen-bond donors (Lipinski definition) is 2. The quantitative estimate of drug-likeness (QED) is 0.775. The van der Waals surface area contributed by atoms with Gasteiger partial charge in [-0.05, 0) is 31.2 Å². The molecule has 5 heteroatoms. The third-order valence-corrected chi connectivity index (χ3v) is 2.83. The van der Waals surface area contributed by atoms with Crippen molar-refractivity contribution in [3.05, 3.63) is 23.4 Å². The van der Waals surface area contributed by atoms with Crippen LogP contribution in [0.25, 0.3) is 0 Å². The van der Waals surface area contributed by atoms with E-state index in [0.717, 1.165) is 30.0 Å². The average molecular weight is 234 g/mol. The number of nitrogens with one attached hydrogen (secondary N) is 2. The molecule has 0 unspecified atom stereocenters. The Hall–Kier alpha value is -1.62. The Balaban J connectivity index is 2.17. The van der Waals surface area contributed by atoms with Crippen LogP contribution in [0.15, 0.2) is 12.3 Å². The molecule has 1 saturated heterocycles. The zero-order valence-electron chi connectivity index (χ0n) is 10.3. The van der Waals surface area contributed by atoms with Gasteiger partial charge in [0.2, 0.25) is 5.91 Å². The highest BCUT2D eigenvalue weighted by atomic mass is 16.2. The molecule has 0 bridgehead atoms. The molecule has 1 fully saturated rings. The second-order valence-electron chi connectivity index (χ2n) is 4.29. The van der Waals surface area contributed by atoms with Crippen LogP contribution in [0.4, 0.5) is 5.82 Å². The predicted octanol–water partition coefficient (Wildman–Crippen LogP) is 0.0456. The van der Waals surface area contributed by atoms with Crippen LogP contribution in [0.5, 0.6) is 0 Å². The van der Waals surface area contributed by atoms with Gasteiger partial charge in [-0.1, -0.05) is 0 Å². The largest absolute Gasteiger partial charge is 0.353 e. The number of carbonyl (C=O) groups excluding carboxylic acids is 1. The number of amides is 1. The zero-order chi connectivity index (χ0) is 12.3. The minimum atomic E-state index is 0.0664. The van der Waals surface area contributed by atoms with Gasteiger partial charge in [-0.3, -0.25) is 4.79 Å². The summed E-state index contributed by atoms with van der Waals surface area (Å²) in [6, 6.07) is 2.12. The van der Waals surface area contributed by atoms with E-state index in [1.807, 2.05) is 25.1 Å². The van der Waals surface area contributed by atoms with Crippen molar-refractivity contribution in [2.24, 2.45) is 0 Å². The molecule has 1 aliphatic rings. The van der Waals surface area contributed by atoms with Gasteiger partial charge in [-0.2, -0.15) is 0 Å². The molecule has 1 amide bonds. The van der Waals surface area contributed by atoms with Crippen LogP contribution in [-0.4, -0.2) is 37.6 Å². The second kappa shape index (κ2) is 5.14. The maximum atomic E-state index is 11.3. The fourth-order valence-electron chi connectivity index (χ4n) is 2.08. The van der Waals surface area contributed by atoms with Crippen molar-refractivity contribution in [1.82, 2.24) is 15.6 Å². The molecule has 0 saturated carbocycles. The van der Waals surface area contributed by atoms with E-state index in [4.69, 9.17) is 0 Å².